The average molecular weight is 503 g/mol. The molecule has 0 bridgehead atoms. The van der Waals surface area contributed by atoms with Crippen molar-refractivity contribution in [3.8, 4) is 11.1 Å². The highest BCUT2D eigenvalue weighted by Gasteiger charge is 2.41. The van der Waals surface area contributed by atoms with E-state index in [1.54, 1.807) is 20.8 Å². The highest BCUT2D eigenvalue weighted by Crippen LogP contribution is 2.31. The Labute approximate surface area is 198 Å². The van der Waals surface area contributed by atoms with Crippen LogP contribution in [0.15, 0.2) is 24.7 Å². The predicted octanol–water partition coefficient (Wildman–Crippen LogP) is 5.06. The Morgan fingerprint density at radius 3 is 2.38 bits per heavy atom. The maximum absolute atomic E-state index is 14.0. The quantitative estimate of drug-likeness (QED) is 0.531. The van der Waals surface area contributed by atoms with Gasteiger partial charge >= 0.3 is 12.3 Å². The maximum atomic E-state index is 14.0. The first-order chi connectivity index (χ1) is 15.7. The van der Waals surface area contributed by atoms with Crippen LogP contribution in [0.1, 0.15) is 45.1 Å². The molecule has 1 aliphatic heterocycles. The van der Waals surface area contributed by atoms with Crippen LogP contribution in [0.4, 0.5) is 22.4 Å². The normalized spacial score (nSPS) is 18.8. The van der Waals surface area contributed by atoms with E-state index in [1.807, 2.05) is 0 Å². The van der Waals surface area contributed by atoms with E-state index in [9.17, 15) is 27.2 Å². The summed E-state index contributed by atoms with van der Waals surface area (Å²) in [5.41, 5.74) is 0.254. The minimum Gasteiger partial charge on any atom is -0.444 e. The van der Waals surface area contributed by atoms with Gasteiger partial charge in [-0.1, -0.05) is 11.6 Å². The summed E-state index contributed by atoms with van der Waals surface area (Å²) in [5, 5.41) is 0.172. The molecule has 3 heterocycles. The van der Waals surface area contributed by atoms with Crippen LogP contribution >= 0.6 is 11.6 Å². The molecule has 3 rings (SSSR count). The van der Waals surface area contributed by atoms with E-state index < -0.39 is 35.9 Å². The number of likely N-dealkylation sites (tertiary alicyclic amines) is 1. The molecule has 0 aliphatic carbocycles. The first kappa shape index (κ1) is 25.8. The molecule has 2 aromatic rings. The number of hydrogen-bond donors (Lipinski definition) is 0. The molecule has 2 atom stereocenters. The molecule has 12 heteroatoms. The Bertz CT molecular complexity index is 1060. The number of carbonyl (C=O) groups is 2. The number of ether oxygens (including phenoxy) is 1. The van der Waals surface area contributed by atoms with Crippen LogP contribution in [-0.2, 0) is 22.1 Å². The zero-order chi connectivity index (χ0) is 25.3. The van der Waals surface area contributed by atoms with Gasteiger partial charge in [-0.05, 0) is 33.3 Å². The highest BCUT2D eigenvalue weighted by atomic mass is 35.5. The second kappa shape index (κ2) is 9.81. The van der Waals surface area contributed by atoms with Crippen LogP contribution in [0.25, 0.3) is 11.1 Å². The van der Waals surface area contributed by atoms with Crippen molar-refractivity contribution < 1.29 is 31.9 Å². The lowest BCUT2D eigenvalue weighted by Gasteiger charge is -2.27. The smallest absolute Gasteiger partial charge is 0.444 e. The second-order valence-corrected chi connectivity index (χ2v) is 9.30. The van der Waals surface area contributed by atoms with Crippen molar-refractivity contribution in [3.05, 3.63) is 41.2 Å². The number of pyridine rings is 1. The Morgan fingerprint density at radius 2 is 1.79 bits per heavy atom. The monoisotopic (exact) mass is 502 g/mol. The molecule has 184 valence electrons. The molecular formula is C22H23ClF4N4O3. The number of carbonyl (C=O) groups excluding carboxylic acids is 2. The number of aryl methyl sites for hydroxylation is 1. The lowest BCUT2D eigenvalue weighted by atomic mass is 10.0. The number of halogens is 5. The van der Waals surface area contributed by atoms with Gasteiger partial charge < -0.3 is 4.74 Å². The van der Waals surface area contributed by atoms with E-state index in [2.05, 4.69) is 15.0 Å². The second-order valence-electron chi connectivity index (χ2n) is 8.90. The van der Waals surface area contributed by atoms with Gasteiger partial charge in [0.15, 0.2) is 5.78 Å². The minimum absolute atomic E-state index is 0.0335. The summed E-state index contributed by atoms with van der Waals surface area (Å²) in [7, 11) is 0. The third kappa shape index (κ3) is 6.40. The molecule has 0 unspecified atom stereocenters. The Hall–Kier alpha value is -2.82. The van der Waals surface area contributed by atoms with Crippen LogP contribution in [0.2, 0.25) is 5.02 Å². The largest absolute Gasteiger partial charge is 0.451 e. The molecular weight excluding hydrogens is 480 g/mol. The fourth-order valence-corrected chi connectivity index (χ4v) is 3.70. The number of alkyl halides is 4. The molecule has 0 spiro atoms. The topological polar surface area (TPSA) is 85.3 Å². The van der Waals surface area contributed by atoms with Gasteiger partial charge in [0.2, 0.25) is 5.82 Å². The first-order valence-corrected chi connectivity index (χ1v) is 10.8. The maximum Gasteiger partial charge on any atom is 0.451 e. The van der Waals surface area contributed by atoms with Crippen molar-refractivity contribution in [2.45, 2.75) is 64.0 Å². The summed E-state index contributed by atoms with van der Waals surface area (Å²) in [6.07, 6.45) is -3.42. The van der Waals surface area contributed by atoms with E-state index in [1.165, 1.54) is 12.3 Å². The highest BCUT2D eigenvalue weighted by molar-refractivity contribution is 6.33. The van der Waals surface area contributed by atoms with Gasteiger partial charge in [-0.3, -0.25) is 14.7 Å². The number of rotatable bonds is 5. The van der Waals surface area contributed by atoms with Gasteiger partial charge in [-0.15, -0.1) is 0 Å². The summed E-state index contributed by atoms with van der Waals surface area (Å²) >= 11 is 6.14. The van der Waals surface area contributed by atoms with Crippen LogP contribution in [0.5, 0.6) is 0 Å². The fraction of sp³-hybridized carbons (Fsp3) is 0.500. The predicted molar refractivity (Wildman–Crippen MR) is 115 cm³/mol. The van der Waals surface area contributed by atoms with Crippen molar-refractivity contribution in [3.63, 3.8) is 0 Å². The standard InChI is InChI=1S/C22H23ClF4N4O3/c1-21(2,3)34-20(33)31-11-13(24)6-17(31)18(32)5-4-14-7-15(16(23)10-28-14)12-8-29-19(30-9-12)22(25,26)27/h7-10,13,17H,4-6,11H2,1-3H3/t13-,17+/m1/s1. The van der Waals surface area contributed by atoms with Crippen LogP contribution in [0, 0.1) is 0 Å². The molecule has 1 fully saturated rings. The molecule has 2 aromatic heterocycles. The van der Waals surface area contributed by atoms with Crippen LogP contribution < -0.4 is 0 Å². The van der Waals surface area contributed by atoms with E-state index >= 15 is 0 Å². The van der Waals surface area contributed by atoms with Crippen molar-refractivity contribution >= 4 is 23.5 Å². The lowest BCUT2D eigenvalue weighted by Crippen LogP contribution is -2.43. The van der Waals surface area contributed by atoms with Crippen molar-refractivity contribution in [1.29, 1.82) is 0 Å². The molecule has 0 aromatic carbocycles. The molecule has 1 saturated heterocycles. The number of amides is 1. The first-order valence-electron chi connectivity index (χ1n) is 10.4. The van der Waals surface area contributed by atoms with Gasteiger partial charge in [-0.2, -0.15) is 13.2 Å². The van der Waals surface area contributed by atoms with Gasteiger partial charge in [-0.25, -0.2) is 19.2 Å². The molecule has 1 aliphatic rings. The van der Waals surface area contributed by atoms with Gasteiger partial charge in [0.1, 0.15) is 11.8 Å². The number of ketones is 1. The van der Waals surface area contributed by atoms with Crippen molar-refractivity contribution in [2.24, 2.45) is 0 Å². The molecule has 1 amide bonds. The number of Topliss-reactive ketones (excluding diaryl/α,β-unsaturated/α-hetero) is 1. The van der Waals surface area contributed by atoms with E-state index in [4.69, 9.17) is 16.3 Å². The van der Waals surface area contributed by atoms with Crippen molar-refractivity contribution in [2.75, 3.05) is 6.54 Å². The molecule has 0 radical (unpaired) electrons. The van der Waals surface area contributed by atoms with E-state index in [0.717, 1.165) is 17.3 Å². The molecule has 0 saturated carbocycles. The van der Waals surface area contributed by atoms with Crippen LogP contribution in [0.3, 0.4) is 0 Å². The van der Waals surface area contributed by atoms with Crippen molar-refractivity contribution in [1.82, 2.24) is 19.9 Å². The third-order valence-corrected chi connectivity index (χ3v) is 5.31. The summed E-state index contributed by atoms with van der Waals surface area (Å²) in [5.74, 6) is -1.62. The molecule has 34 heavy (non-hydrogen) atoms. The Balaban J connectivity index is 1.70. The van der Waals surface area contributed by atoms with Gasteiger partial charge in [0.25, 0.3) is 0 Å². The van der Waals surface area contributed by atoms with Gasteiger partial charge in [0, 0.05) is 48.3 Å². The van der Waals surface area contributed by atoms with Gasteiger partial charge in [0.05, 0.1) is 17.6 Å². The summed E-state index contributed by atoms with van der Waals surface area (Å²) in [6, 6.07) is 0.583. The third-order valence-electron chi connectivity index (χ3n) is 5.01. The van der Waals surface area contributed by atoms with Crippen LogP contribution in [-0.4, -0.2) is 56.1 Å². The summed E-state index contributed by atoms with van der Waals surface area (Å²) in [4.78, 5) is 37.1. The number of nitrogens with zero attached hydrogens (tertiary/aromatic N) is 4. The lowest BCUT2D eigenvalue weighted by molar-refractivity contribution is -0.145. The Kier molecular flexibility index (Phi) is 7.44. The SMILES string of the molecule is CC(C)(C)OC(=O)N1C[C@H](F)C[C@H]1C(=O)CCc1cc(-c2cnc(C(F)(F)F)nc2)c(Cl)cn1. The average Bonchev–Trinajstić information content (AvgIpc) is 3.13. The summed E-state index contributed by atoms with van der Waals surface area (Å²) < 4.78 is 57.4. The zero-order valence-electron chi connectivity index (χ0n) is 18.7. The summed E-state index contributed by atoms with van der Waals surface area (Å²) in [6.45, 7) is 4.81. The number of aromatic nitrogens is 3. The zero-order valence-corrected chi connectivity index (χ0v) is 19.5. The Morgan fingerprint density at radius 1 is 1.15 bits per heavy atom. The fourth-order valence-electron chi connectivity index (χ4n) is 3.48. The van der Waals surface area contributed by atoms with E-state index in [-0.39, 0.29) is 42.2 Å². The van der Waals surface area contributed by atoms with E-state index in [0.29, 0.717) is 11.3 Å². The molecule has 0 N–H and O–H groups in total. The number of hydrogen-bond acceptors (Lipinski definition) is 6. The minimum atomic E-state index is -4.67. The molecule has 7 nitrogen and oxygen atoms in total.